The van der Waals surface area contributed by atoms with Crippen molar-refractivity contribution in [3.8, 4) is 0 Å². The Morgan fingerprint density at radius 1 is 1.17 bits per heavy atom. The van der Waals surface area contributed by atoms with E-state index in [9.17, 15) is 9.59 Å². The first-order chi connectivity index (χ1) is 11.5. The van der Waals surface area contributed by atoms with Gasteiger partial charge in [0.1, 0.15) is 5.82 Å². The molecular formula is C18H22N4O2. The average molecular weight is 326 g/mol. The summed E-state index contributed by atoms with van der Waals surface area (Å²) in [5.41, 5.74) is 1.43. The molecule has 24 heavy (non-hydrogen) atoms. The molecule has 0 aromatic carbocycles. The second-order valence-corrected chi connectivity index (χ2v) is 6.25. The number of pyridine rings is 2. The number of nitrogens with zero attached hydrogens (tertiary/aromatic N) is 4. The van der Waals surface area contributed by atoms with E-state index >= 15 is 0 Å². The highest BCUT2D eigenvalue weighted by Crippen LogP contribution is 2.15. The minimum atomic E-state index is -0.113. The van der Waals surface area contributed by atoms with E-state index < -0.39 is 0 Å². The molecule has 1 aliphatic rings. The Bertz CT molecular complexity index is 792. The van der Waals surface area contributed by atoms with Crippen LogP contribution in [0.5, 0.6) is 0 Å². The van der Waals surface area contributed by atoms with Gasteiger partial charge in [-0.3, -0.25) is 9.59 Å². The lowest BCUT2D eigenvalue weighted by Crippen LogP contribution is -2.44. The minimum Gasteiger partial charge on any atom is -0.354 e. The zero-order chi connectivity index (χ0) is 17.1. The van der Waals surface area contributed by atoms with Gasteiger partial charge in [-0.1, -0.05) is 0 Å². The van der Waals surface area contributed by atoms with Crippen molar-refractivity contribution in [3.63, 3.8) is 0 Å². The van der Waals surface area contributed by atoms with E-state index in [2.05, 4.69) is 21.8 Å². The number of ketones is 1. The molecule has 2 aromatic rings. The Balaban J connectivity index is 1.81. The normalized spacial score (nSPS) is 15.5. The number of carbonyl (C=O) groups is 1. The monoisotopic (exact) mass is 326 g/mol. The Morgan fingerprint density at radius 3 is 2.62 bits per heavy atom. The van der Waals surface area contributed by atoms with Gasteiger partial charge in [-0.15, -0.1) is 0 Å². The summed E-state index contributed by atoms with van der Waals surface area (Å²) in [5.74, 6) is 0.896. The van der Waals surface area contributed by atoms with Gasteiger partial charge in [0.2, 0.25) is 0 Å². The minimum absolute atomic E-state index is 0.0448. The van der Waals surface area contributed by atoms with Gasteiger partial charge in [0.15, 0.2) is 5.78 Å². The molecule has 6 nitrogen and oxygen atoms in total. The molecule has 1 fully saturated rings. The van der Waals surface area contributed by atoms with Crippen molar-refractivity contribution in [2.45, 2.75) is 13.5 Å². The lowest BCUT2D eigenvalue weighted by Gasteiger charge is -2.33. The Kier molecular flexibility index (Phi) is 4.76. The van der Waals surface area contributed by atoms with E-state index in [1.807, 2.05) is 12.1 Å². The predicted molar refractivity (Wildman–Crippen MR) is 93.8 cm³/mol. The molecule has 0 amide bonds. The Labute approximate surface area is 141 Å². The van der Waals surface area contributed by atoms with Crippen molar-refractivity contribution >= 4 is 11.6 Å². The number of Topliss-reactive ketones (excluding diaryl/α,β-unsaturated/α-hetero) is 1. The fraction of sp³-hybridized carbons (Fsp3) is 0.389. The highest BCUT2D eigenvalue weighted by atomic mass is 16.1. The molecule has 0 radical (unpaired) electrons. The third kappa shape index (κ3) is 3.71. The summed E-state index contributed by atoms with van der Waals surface area (Å²) >= 11 is 0. The third-order valence-electron chi connectivity index (χ3n) is 4.38. The maximum absolute atomic E-state index is 12.0. The van der Waals surface area contributed by atoms with Crippen molar-refractivity contribution in [2.75, 3.05) is 38.1 Å². The molecule has 6 heteroatoms. The van der Waals surface area contributed by atoms with Gasteiger partial charge in [-0.25, -0.2) is 4.98 Å². The number of carbonyl (C=O) groups excluding carboxylic acids is 1. The molecule has 1 aliphatic heterocycles. The number of piperazine rings is 1. The number of rotatable bonds is 4. The number of hydrogen-bond donors (Lipinski definition) is 0. The summed E-state index contributed by atoms with van der Waals surface area (Å²) in [6, 6.07) is 6.95. The van der Waals surface area contributed by atoms with Gasteiger partial charge in [-0.2, -0.15) is 0 Å². The molecule has 3 heterocycles. The zero-order valence-corrected chi connectivity index (χ0v) is 14.1. The Hall–Kier alpha value is -2.47. The highest BCUT2D eigenvalue weighted by molar-refractivity contribution is 5.93. The topological polar surface area (TPSA) is 58.4 Å². The van der Waals surface area contributed by atoms with Crippen LogP contribution < -0.4 is 10.5 Å². The van der Waals surface area contributed by atoms with Crippen molar-refractivity contribution in [2.24, 2.45) is 0 Å². The largest absolute Gasteiger partial charge is 0.354 e. The van der Waals surface area contributed by atoms with Crippen LogP contribution in [0.3, 0.4) is 0 Å². The van der Waals surface area contributed by atoms with Crippen molar-refractivity contribution in [1.29, 1.82) is 0 Å². The molecule has 3 rings (SSSR count). The molecule has 0 saturated carbocycles. The number of likely N-dealkylation sites (N-methyl/N-ethyl adjacent to an activating group) is 1. The smallest absolute Gasteiger partial charge is 0.250 e. The van der Waals surface area contributed by atoms with Crippen LogP contribution in [0.1, 0.15) is 22.8 Å². The molecule has 0 spiro atoms. The number of anilines is 1. The zero-order valence-electron chi connectivity index (χ0n) is 14.1. The SMILES string of the molecule is CC(=O)c1ccc(=O)n(Cc2ccnc(N3CCN(C)CC3)c2)c1. The van der Waals surface area contributed by atoms with Crippen LogP contribution in [0, 0.1) is 0 Å². The van der Waals surface area contributed by atoms with E-state index in [0.29, 0.717) is 12.1 Å². The van der Waals surface area contributed by atoms with Crippen LogP contribution in [0.2, 0.25) is 0 Å². The van der Waals surface area contributed by atoms with Gasteiger partial charge in [0, 0.05) is 50.2 Å². The maximum atomic E-state index is 12.0. The third-order valence-corrected chi connectivity index (χ3v) is 4.38. The van der Waals surface area contributed by atoms with Gasteiger partial charge >= 0.3 is 0 Å². The second-order valence-electron chi connectivity index (χ2n) is 6.25. The standard InChI is InChI=1S/C18H22N4O2/c1-14(23)16-3-4-18(24)22(13-16)12-15-5-6-19-17(11-15)21-9-7-20(2)8-10-21/h3-6,11,13H,7-10,12H2,1-2H3. The molecule has 1 saturated heterocycles. The van der Waals surface area contributed by atoms with Crippen molar-refractivity contribution < 1.29 is 4.79 Å². The first-order valence-corrected chi connectivity index (χ1v) is 8.13. The summed E-state index contributed by atoms with van der Waals surface area (Å²) in [6.45, 7) is 5.88. The quantitative estimate of drug-likeness (QED) is 0.792. The average Bonchev–Trinajstić information content (AvgIpc) is 2.57. The van der Waals surface area contributed by atoms with Gasteiger partial charge in [-0.05, 0) is 37.7 Å². The van der Waals surface area contributed by atoms with Crippen LogP contribution in [0.15, 0.2) is 41.5 Å². The van der Waals surface area contributed by atoms with E-state index in [-0.39, 0.29) is 11.3 Å². The summed E-state index contributed by atoms with van der Waals surface area (Å²) in [7, 11) is 2.12. The van der Waals surface area contributed by atoms with Crippen LogP contribution in [-0.4, -0.2) is 53.5 Å². The fourth-order valence-electron chi connectivity index (χ4n) is 2.83. The summed E-state index contributed by atoms with van der Waals surface area (Å²) < 4.78 is 1.57. The molecule has 0 atom stereocenters. The lowest BCUT2D eigenvalue weighted by molar-refractivity contribution is 0.101. The van der Waals surface area contributed by atoms with Crippen LogP contribution in [0.25, 0.3) is 0 Å². The van der Waals surface area contributed by atoms with E-state index in [0.717, 1.165) is 37.6 Å². The lowest BCUT2D eigenvalue weighted by atomic mass is 10.2. The van der Waals surface area contributed by atoms with Crippen molar-refractivity contribution in [1.82, 2.24) is 14.5 Å². The van der Waals surface area contributed by atoms with E-state index in [4.69, 9.17) is 0 Å². The molecule has 0 aliphatic carbocycles. The summed E-state index contributed by atoms with van der Waals surface area (Å²) in [5, 5.41) is 0. The Morgan fingerprint density at radius 2 is 1.92 bits per heavy atom. The first-order valence-electron chi connectivity index (χ1n) is 8.13. The van der Waals surface area contributed by atoms with Gasteiger partial charge in [0.05, 0.1) is 6.54 Å². The van der Waals surface area contributed by atoms with Gasteiger partial charge in [0.25, 0.3) is 5.56 Å². The highest BCUT2D eigenvalue weighted by Gasteiger charge is 2.15. The van der Waals surface area contributed by atoms with E-state index in [1.165, 1.54) is 13.0 Å². The second kappa shape index (κ2) is 6.97. The van der Waals surface area contributed by atoms with Crippen LogP contribution >= 0.6 is 0 Å². The molecule has 0 bridgehead atoms. The first kappa shape index (κ1) is 16.4. The molecule has 2 aromatic heterocycles. The van der Waals surface area contributed by atoms with E-state index in [1.54, 1.807) is 23.0 Å². The maximum Gasteiger partial charge on any atom is 0.250 e. The predicted octanol–water partition coefficient (Wildman–Crippen LogP) is 1.25. The molecule has 0 N–H and O–H groups in total. The van der Waals surface area contributed by atoms with Crippen molar-refractivity contribution in [3.05, 3.63) is 58.1 Å². The van der Waals surface area contributed by atoms with Crippen LogP contribution in [-0.2, 0) is 6.54 Å². The van der Waals surface area contributed by atoms with Crippen LogP contribution in [0.4, 0.5) is 5.82 Å². The summed E-state index contributed by atoms with van der Waals surface area (Å²) in [6.07, 6.45) is 3.41. The molecular weight excluding hydrogens is 304 g/mol. The molecule has 126 valence electrons. The summed E-state index contributed by atoms with van der Waals surface area (Å²) in [4.78, 5) is 32.6. The molecule has 0 unspecified atom stereocenters. The van der Waals surface area contributed by atoms with Gasteiger partial charge < -0.3 is 14.4 Å². The number of aromatic nitrogens is 2. The fourth-order valence-corrected chi connectivity index (χ4v) is 2.83. The number of hydrogen-bond acceptors (Lipinski definition) is 5.